The number of hydrogen-bond donors (Lipinski definition) is 1. The molecule has 0 fully saturated rings. The number of nitrogens with zero attached hydrogens (tertiary/aromatic N) is 1. The molecule has 0 aliphatic carbocycles. The number of esters is 1. The Morgan fingerprint density at radius 2 is 1.75 bits per heavy atom. The van der Waals surface area contributed by atoms with Crippen molar-refractivity contribution >= 4 is 28.9 Å². The average Bonchev–Trinajstić information content (AvgIpc) is 3.12. The highest BCUT2D eigenvalue weighted by atomic mass is 32.1. The van der Waals surface area contributed by atoms with Crippen molar-refractivity contribution in [2.45, 2.75) is 20.5 Å². The van der Waals surface area contributed by atoms with Crippen LogP contribution in [0, 0.1) is 13.8 Å². The SMILES string of the molecule is Cc1ccc(NC(=O)COC(=O)c2ccc(OCc3csc(C)n3)cc2)cc1. The average molecular weight is 396 g/mol. The van der Waals surface area contributed by atoms with Gasteiger partial charge in [-0.3, -0.25) is 4.79 Å². The van der Waals surface area contributed by atoms with E-state index < -0.39 is 11.9 Å². The van der Waals surface area contributed by atoms with Crippen molar-refractivity contribution in [1.82, 2.24) is 4.98 Å². The number of aryl methyl sites for hydroxylation is 2. The minimum atomic E-state index is -0.569. The molecule has 3 aromatic rings. The van der Waals surface area contributed by atoms with Crippen LogP contribution in [-0.2, 0) is 16.1 Å². The van der Waals surface area contributed by atoms with Crippen molar-refractivity contribution < 1.29 is 19.1 Å². The molecule has 2 aromatic carbocycles. The third-order valence-corrected chi connectivity index (χ3v) is 4.64. The zero-order chi connectivity index (χ0) is 19.9. The van der Waals surface area contributed by atoms with Crippen LogP contribution in [0.15, 0.2) is 53.9 Å². The highest BCUT2D eigenvalue weighted by Gasteiger charge is 2.11. The van der Waals surface area contributed by atoms with Gasteiger partial charge in [-0.1, -0.05) is 17.7 Å². The minimum Gasteiger partial charge on any atom is -0.487 e. The van der Waals surface area contributed by atoms with E-state index in [2.05, 4.69) is 10.3 Å². The fraction of sp³-hybridized carbons (Fsp3) is 0.190. The van der Waals surface area contributed by atoms with E-state index in [0.717, 1.165) is 16.3 Å². The van der Waals surface area contributed by atoms with Gasteiger partial charge in [0.05, 0.1) is 16.3 Å². The van der Waals surface area contributed by atoms with Crippen LogP contribution in [0.1, 0.15) is 26.6 Å². The third-order valence-electron chi connectivity index (χ3n) is 3.81. The Morgan fingerprint density at radius 1 is 1.04 bits per heavy atom. The molecule has 0 radical (unpaired) electrons. The number of aromatic nitrogens is 1. The van der Waals surface area contributed by atoms with Gasteiger partial charge in [0.2, 0.25) is 0 Å². The summed E-state index contributed by atoms with van der Waals surface area (Å²) in [6, 6.07) is 13.9. The summed E-state index contributed by atoms with van der Waals surface area (Å²) in [5, 5.41) is 5.61. The number of carbonyl (C=O) groups is 2. The topological polar surface area (TPSA) is 77.5 Å². The van der Waals surface area contributed by atoms with E-state index in [4.69, 9.17) is 9.47 Å². The van der Waals surface area contributed by atoms with Crippen molar-refractivity contribution in [1.29, 1.82) is 0 Å². The number of thiazole rings is 1. The summed E-state index contributed by atoms with van der Waals surface area (Å²) >= 11 is 1.57. The van der Waals surface area contributed by atoms with Gasteiger partial charge in [-0.25, -0.2) is 9.78 Å². The van der Waals surface area contributed by atoms with Gasteiger partial charge in [0.15, 0.2) is 6.61 Å². The zero-order valence-corrected chi connectivity index (χ0v) is 16.4. The Hall–Kier alpha value is -3.19. The number of benzene rings is 2. The van der Waals surface area contributed by atoms with Crippen molar-refractivity contribution in [2.24, 2.45) is 0 Å². The molecule has 1 amide bonds. The van der Waals surface area contributed by atoms with Crippen molar-refractivity contribution in [3.8, 4) is 5.75 Å². The molecule has 1 aromatic heterocycles. The first-order chi connectivity index (χ1) is 13.5. The van der Waals surface area contributed by atoms with Gasteiger partial charge in [-0.15, -0.1) is 11.3 Å². The lowest BCUT2D eigenvalue weighted by Gasteiger charge is -2.08. The molecule has 0 saturated heterocycles. The lowest BCUT2D eigenvalue weighted by molar-refractivity contribution is -0.119. The van der Waals surface area contributed by atoms with Crippen LogP contribution < -0.4 is 10.1 Å². The van der Waals surface area contributed by atoms with Gasteiger partial charge in [-0.05, 0) is 50.2 Å². The molecule has 0 aliphatic heterocycles. The maximum atomic E-state index is 12.1. The van der Waals surface area contributed by atoms with E-state index in [1.54, 1.807) is 47.7 Å². The van der Waals surface area contributed by atoms with E-state index in [1.807, 2.05) is 31.4 Å². The standard InChI is InChI=1S/C21H20N2O4S/c1-14-3-7-17(8-4-14)23-20(24)12-27-21(25)16-5-9-19(10-6-16)26-11-18-13-28-15(2)22-18/h3-10,13H,11-12H2,1-2H3,(H,23,24). The summed E-state index contributed by atoms with van der Waals surface area (Å²) in [5.74, 6) is -0.337. The fourth-order valence-corrected chi connectivity index (χ4v) is 2.96. The number of ether oxygens (including phenoxy) is 2. The molecule has 1 N–H and O–H groups in total. The summed E-state index contributed by atoms with van der Waals surface area (Å²) < 4.78 is 10.7. The summed E-state index contributed by atoms with van der Waals surface area (Å²) in [4.78, 5) is 28.3. The Bertz CT molecular complexity index is 949. The molecule has 0 spiro atoms. The zero-order valence-electron chi connectivity index (χ0n) is 15.6. The fourth-order valence-electron chi connectivity index (χ4n) is 2.37. The lowest BCUT2D eigenvalue weighted by Crippen LogP contribution is -2.20. The van der Waals surface area contributed by atoms with Crippen LogP contribution in [0.4, 0.5) is 5.69 Å². The second-order valence-electron chi connectivity index (χ2n) is 6.16. The molecule has 3 rings (SSSR count). The molecule has 0 bridgehead atoms. The maximum absolute atomic E-state index is 12.1. The Labute approximate surface area is 167 Å². The molecular formula is C21H20N2O4S. The van der Waals surface area contributed by atoms with Crippen LogP contribution in [0.3, 0.4) is 0 Å². The Balaban J connectivity index is 1.46. The number of rotatable bonds is 7. The molecular weight excluding hydrogens is 376 g/mol. The van der Waals surface area contributed by atoms with Crippen LogP contribution in [-0.4, -0.2) is 23.5 Å². The number of anilines is 1. The number of carbonyl (C=O) groups excluding carboxylic acids is 2. The molecule has 0 unspecified atom stereocenters. The minimum absolute atomic E-state index is 0.347. The first kappa shape index (κ1) is 19.6. The summed E-state index contributed by atoms with van der Waals surface area (Å²) in [6.45, 7) is 3.92. The van der Waals surface area contributed by atoms with Crippen LogP contribution in [0.5, 0.6) is 5.75 Å². The van der Waals surface area contributed by atoms with Crippen molar-refractivity contribution in [3.05, 3.63) is 75.7 Å². The molecule has 0 aliphatic rings. The molecule has 28 heavy (non-hydrogen) atoms. The number of nitrogens with one attached hydrogen (secondary N) is 1. The van der Waals surface area contributed by atoms with Gasteiger partial charge < -0.3 is 14.8 Å². The quantitative estimate of drug-likeness (QED) is 0.608. The van der Waals surface area contributed by atoms with Gasteiger partial charge in [-0.2, -0.15) is 0 Å². The predicted octanol–water partition coefficient (Wildman–Crippen LogP) is 4.13. The first-order valence-electron chi connectivity index (χ1n) is 8.67. The van der Waals surface area contributed by atoms with Crippen LogP contribution in [0.25, 0.3) is 0 Å². The smallest absolute Gasteiger partial charge is 0.338 e. The first-order valence-corrected chi connectivity index (χ1v) is 9.55. The molecule has 1 heterocycles. The van der Waals surface area contributed by atoms with Gasteiger partial charge >= 0.3 is 5.97 Å². The van der Waals surface area contributed by atoms with Crippen LogP contribution in [0.2, 0.25) is 0 Å². The predicted molar refractivity (Wildman–Crippen MR) is 108 cm³/mol. The molecule has 0 saturated carbocycles. The van der Waals surface area contributed by atoms with Crippen molar-refractivity contribution in [3.63, 3.8) is 0 Å². The summed E-state index contributed by atoms with van der Waals surface area (Å²) in [5.41, 5.74) is 2.97. The maximum Gasteiger partial charge on any atom is 0.338 e. The molecule has 6 nitrogen and oxygen atoms in total. The normalized spacial score (nSPS) is 10.4. The monoisotopic (exact) mass is 396 g/mol. The van der Waals surface area contributed by atoms with E-state index in [1.165, 1.54) is 0 Å². The van der Waals surface area contributed by atoms with E-state index in [0.29, 0.717) is 23.6 Å². The van der Waals surface area contributed by atoms with Crippen LogP contribution >= 0.6 is 11.3 Å². The van der Waals surface area contributed by atoms with E-state index in [9.17, 15) is 9.59 Å². The summed E-state index contributed by atoms with van der Waals surface area (Å²) in [7, 11) is 0. The Kier molecular flexibility index (Phi) is 6.39. The molecule has 0 atom stereocenters. The van der Waals surface area contributed by atoms with Crippen molar-refractivity contribution in [2.75, 3.05) is 11.9 Å². The van der Waals surface area contributed by atoms with Gasteiger partial charge in [0.1, 0.15) is 12.4 Å². The van der Waals surface area contributed by atoms with E-state index in [-0.39, 0.29) is 6.61 Å². The number of hydrogen-bond acceptors (Lipinski definition) is 6. The van der Waals surface area contributed by atoms with Gasteiger partial charge in [0.25, 0.3) is 5.91 Å². The van der Waals surface area contributed by atoms with E-state index >= 15 is 0 Å². The largest absolute Gasteiger partial charge is 0.487 e. The highest BCUT2D eigenvalue weighted by molar-refractivity contribution is 7.09. The second-order valence-corrected chi connectivity index (χ2v) is 7.22. The van der Waals surface area contributed by atoms with Gasteiger partial charge in [0, 0.05) is 11.1 Å². The number of amides is 1. The lowest BCUT2D eigenvalue weighted by atomic mass is 10.2. The second kappa shape index (κ2) is 9.14. The highest BCUT2D eigenvalue weighted by Crippen LogP contribution is 2.16. The molecule has 144 valence electrons. The molecule has 7 heteroatoms. The third kappa shape index (κ3) is 5.65. The summed E-state index contributed by atoms with van der Waals surface area (Å²) in [6.07, 6.45) is 0. The Morgan fingerprint density at radius 3 is 2.39 bits per heavy atom.